The Morgan fingerprint density at radius 1 is 1.08 bits per heavy atom. The zero-order chi connectivity index (χ0) is 20.1. The Hall–Kier alpha value is -1.42. The molecule has 0 heterocycles. The molecule has 0 saturated carbocycles. The summed E-state index contributed by atoms with van der Waals surface area (Å²) in [4.78, 5) is 0.208. The summed E-state index contributed by atoms with van der Waals surface area (Å²) < 4.78 is 29.2. The van der Waals surface area contributed by atoms with Gasteiger partial charge < -0.3 is 0 Å². The minimum atomic E-state index is -3.75. The van der Waals surface area contributed by atoms with Gasteiger partial charge in [-0.1, -0.05) is 65.3 Å². The van der Waals surface area contributed by atoms with Crippen LogP contribution in [0.2, 0.25) is 16.6 Å². The van der Waals surface area contributed by atoms with Gasteiger partial charge in [-0.25, -0.2) is 0 Å². The standard InChI is InChI=1S/C21H33NO2SSi/c1-9-10-21(26(16(2)3,17(4)5)18(6)7)15-22-25(23,24)20-13-11-19(8)12-14-20/h9,11-14,16-18H,1,10H2,2-8H3. The maximum atomic E-state index is 12.6. The fourth-order valence-corrected chi connectivity index (χ4v) is 12.1. The van der Waals surface area contributed by atoms with E-state index in [0.717, 1.165) is 10.8 Å². The summed E-state index contributed by atoms with van der Waals surface area (Å²) in [6, 6.07) is 6.76. The van der Waals surface area contributed by atoms with Crippen molar-refractivity contribution in [3.63, 3.8) is 0 Å². The number of rotatable bonds is 8. The van der Waals surface area contributed by atoms with Gasteiger partial charge in [0.15, 0.2) is 0 Å². The minimum absolute atomic E-state index is 0.208. The van der Waals surface area contributed by atoms with Crippen LogP contribution in [-0.4, -0.2) is 22.4 Å². The zero-order valence-corrected chi connectivity index (χ0v) is 19.0. The molecule has 0 fully saturated rings. The first-order chi connectivity index (χ1) is 12.0. The highest BCUT2D eigenvalue weighted by Crippen LogP contribution is 2.46. The molecule has 0 aliphatic heterocycles. The number of allylic oxidation sites excluding steroid dienone is 2. The third kappa shape index (κ3) is 4.64. The minimum Gasteiger partial charge on any atom is -0.199 e. The van der Waals surface area contributed by atoms with Crippen LogP contribution < -0.4 is 0 Å². The summed E-state index contributed by atoms with van der Waals surface area (Å²) in [5.41, 5.74) is 2.40. The van der Waals surface area contributed by atoms with Gasteiger partial charge in [-0.2, -0.15) is 8.42 Å². The first-order valence-corrected chi connectivity index (χ1v) is 12.9. The average Bonchev–Trinajstić information content (AvgIpc) is 2.52. The first-order valence-electron chi connectivity index (χ1n) is 9.27. The van der Waals surface area contributed by atoms with Gasteiger partial charge in [-0.15, -0.1) is 11.0 Å². The van der Waals surface area contributed by atoms with Crippen LogP contribution in [-0.2, 0) is 10.0 Å². The summed E-state index contributed by atoms with van der Waals surface area (Å²) in [6.45, 7) is 19.2. The summed E-state index contributed by atoms with van der Waals surface area (Å²) in [7, 11) is -5.76. The lowest BCUT2D eigenvalue weighted by atomic mass is 10.2. The molecule has 0 aliphatic carbocycles. The van der Waals surface area contributed by atoms with Crippen molar-refractivity contribution >= 4 is 24.0 Å². The van der Waals surface area contributed by atoms with Crippen molar-refractivity contribution in [3.8, 4) is 0 Å². The van der Waals surface area contributed by atoms with E-state index in [1.807, 2.05) is 13.0 Å². The summed E-state index contributed by atoms with van der Waals surface area (Å²) >= 11 is 0. The van der Waals surface area contributed by atoms with Crippen molar-refractivity contribution < 1.29 is 8.42 Å². The lowest BCUT2D eigenvalue weighted by Gasteiger charge is -2.43. The van der Waals surface area contributed by atoms with Gasteiger partial charge >= 0.3 is 0 Å². The molecular formula is C21H33NO2SSi. The lowest BCUT2D eigenvalue weighted by Crippen LogP contribution is -2.47. The second-order valence-electron chi connectivity index (χ2n) is 7.86. The SMILES string of the molecule is C=CCC(=C=NS(=O)(=O)c1ccc(C)cc1)[Si](C(C)C)(C(C)C)C(C)C. The van der Waals surface area contributed by atoms with Crippen molar-refractivity contribution in [2.75, 3.05) is 0 Å². The molecule has 0 aliphatic rings. The van der Waals surface area contributed by atoms with Gasteiger partial charge in [0.05, 0.1) is 4.90 Å². The number of nitrogens with zero attached hydrogens (tertiary/aromatic N) is 1. The van der Waals surface area contributed by atoms with E-state index in [1.54, 1.807) is 24.3 Å². The molecule has 0 unspecified atom stereocenters. The molecule has 0 bridgehead atoms. The van der Waals surface area contributed by atoms with Gasteiger partial charge in [-0.05, 0) is 53.2 Å². The maximum Gasteiger partial charge on any atom is 0.289 e. The van der Waals surface area contributed by atoms with E-state index >= 15 is 0 Å². The van der Waals surface area contributed by atoms with Crippen molar-refractivity contribution in [3.05, 3.63) is 47.7 Å². The summed E-state index contributed by atoms with van der Waals surface area (Å²) in [5, 5.41) is 1.04. The van der Waals surface area contributed by atoms with Crippen LogP contribution in [0.5, 0.6) is 0 Å². The van der Waals surface area contributed by atoms with E-state index in [4.69, 9.17) is 0 Å². The molecule has 0 N–H and O–H groups in total. The van der Waals surface area contributed by atoms with Gasteiger partial charge in [0.25, 0.3) is 10.0 Å². The zero-order valence-electron chi connectivity index (χ0n) is 17.2. The quantitative estimate of drug-likeness (QED) is 0.306. The lowest BCUT2D eigenvalue weighted by molar-refractivity contribution is 0.598. The highest BCUT2D eigenvalue weighted by molar-refractivity contribution is 7.90. The monoisotopic (exact) mass is 391 g/mol. The third-order valence-electron chi connectivity index (χ3n) is 5.36. The van der Waals surface area contributed by atoms with E-state index in [2.05, 4.69) is 58.4 Å². The molecule has 0 aromatic heterocycles. The average molecular weight is 392 g/mol. The number of aryl methyl sites for hydroxylation is 1. The van der Waals surface area contributed by atoms with E-state index < -0.39 is 18.1 Å². The van der Waals surface area contributed by atoms with Crippen LogP contribution in [0.1, 0.15) is 53.5 Å². The molecule has 0 saturated heterocycles. The second-order valence-corrected chi connectivity index (χ2v) is 15.4. The van der Waals surface area contributed by atoms with Crippen molar-refractivity contribution in [2.24, 2.45) is 4.40 Å². The molecule has 144 valence electrons. The van der Waals surface area contributed by atoms with E-state index in [-0.39, 0.29) is 4.90 Å². The Morgan fingerprint density at radius 3 is 1.92 bits per heavy atom. The number of hydrogen-bond donors (Lipinski definition) is 0. The third-order valence-corrected chi connectivity index (χ3v) is 13.6. The molecule has 1 rings (SSSR count). The topological polar surface area (TPSA) is 46.5 Å². The van der Waals surface area contributed by atoms with Gasteiger partial charge in [0, 0.05) is 0 Å². The van der Waals surface area contributed by atoms with Crippen LogP contribution >= 0.6 is 0 Å². The van der Waals surface area contributed by atoms with Crippen LogP contribution in [0.3, 0.4) is 0 Å². The second kappa shape index (κ2) is 8.98. The van der Waals surface area contributed by atoms with E-state index in [9.17, 15) is 8.42 Å². The molecule has 3 nitrogen and oxygen atoms in total. The van der Waals surface area contributed by atoms with Crippen molar-refractivity contribution in [1.29, 1.82) is 0 Å². The summed E-state index contributed by atoms with van der Waals surface area (Å²) in [5.74, 6) is 3.00. The molecular weight excluding hydrogens is 358 g/mol. The fraction of sp³-hybridized carbons (Fsp3) is 0.524. The van der Waals surface area contributed by atoms with Crippen molar-refractivity contribution in [2.45, 2.75) is 76.4 Å². The first kappa shape index (κ1) is 22.6. The maximum absolute atomic E-state index is 12.6. The predicted octanol–water partition coefficient (Wildman–Crippen LogP) is 6.07. The van der Waals surface area contributed by atoms with E-state index in [0.29, 0.717) is 23.0 Å². The highest BCUT2D eigenvalue weighted by atomic mass is 32.2. The van der Waals surface area contributed by atoms with Gasteiger partial charge in [0.1, 0.15) is 8.07 Å². The van der Waals surface area contributed by atoms with Crippen LogP contribution in [0.15, 0.2) is 51.4 Å². The molecule has 0 atom stereocenters. The number of hydrogen-bond acceptors (Lipinski definition) is 2. The Balaban J connectivity index is 3.62. The Morgan fingerprint density at radius 2 is 1.54 bits per heavy atom. The molecule has 0 spiro atoms. The van der Waals surface area contributed by atoms with Crippen LogP contribution in [0, 0.1) is 6.92 Å². The Bertz CT molecular complexity index is 762. The Kier molecular flexibility index (Phi) is 7.81. The normalized spacial score (nSPS) is 12.4. The van der Waals surface area contributed by atoms with Gasteiger partial charge in [-0.3, -0.25) is 0 Å². The molecule has 1 aromatic carbocycles. The summed E-state index contributed by atoms with van der Waals surface area (Å²) in [6.07, 6.45) is 2.47. The molecule has 0 amide bonds. The Labute approximate surface area is 161 Å². The largest absolute Gasteiger partial charge is 0.289 e. The fourth-order valence-electron chi connectivity index (χ4n) is 4.39. The molecule has 26 heavy (non-hydrogen) atoms. The van der Waals surface area contributed by atoms with Crippen LogP contribution in [0.4, 0.5) is 0 Å². The smallest absolute Gasteiger partial charge is 0.199 e. The molecule has 0 radical (unpaired) electrons. The highest BCUT2D eigenvalue weighted by Gasteiger charge is 2.45. The van der Waals surface area contributed by atoms with Crippen LogP contribution in [0.25, 0.3) is 0 Å². The van der Waals surface area contributed by atoms with E-state index in [1.165, 1.54) is 0 Å². The predicted molar refractivity (Wildman–Crippen MR) is 115 cm³/mol. The van der Waals surface area contributed by atoms with Gasteiger partial charge in [0.2, 0.25) is 0 Å². The van der Waals surface area contributed by atoms with Crippen molar-refractivity contribution in [1.82, 2.24) is 0 Å². The number of benzene rings is 1. The molecule has 5 heteroatoms. The number of sulfonamides is 1. The molecule has 1 aromatic rings.